The van der Waals surface area contributed by atoms with Crippen LogP contribution in [0.15, 0.2) is 18.2 Å². The van der Waals surface area contributed by atoms with E-state index in [2.05, 4.69) is 6.07 Å². The molecule has 1 aromatic rings. The van der Waals surface area contributed by atoms with E-state index < -0.39 is 12.0 Å². The van der Waals surface area contributed by atoms with Crippen LogP contribution in [0.5, 0.6) is 5.75 Å². The molecular weight excluding hydrogens is 260 g/mol. The largest absolute Gasteiger partial charge is 0.495 e. The SMILES string of the molecule is COc1cc(CN2CCOCC2C(=O)O)ccc1C#N. The van der Waals surface area contributed by atoms with Gasteiger partial charge in [-0.25, -0.2) is 0 Å². The summed E-state index contributed by atoms with van der Waals surface area (Å²) >= 11 is 0. The number of carboxylic acid groups (broad SMARTS) is 1. The van der Waals surface area contributed by atoms with Crippen molar-refractivity contribution in [2.24, 2.45) is 0 Å². The molecule has 106 valence electrons. The molecule has 1 fully saturated rings. The zero-order chi connectivity index (χ0) is 14.5. The Morgan fingerprint density at radius 2 is 2.45 bits per heavy atom. The van der Waals surface area contributed by atoms with Gasteiger partial charge >= 0.3 is 5.97 Å². The summed E-state index contributed by atoms with van der Waals surface area (Å²) in [5.74, 6) is -0.379. The summed E-state index contributed by atoms with van der Waals surface area (Å²) < 4.78 is 10.4. The van der Waals surface area contributed by atoms with Crippen LogP contribution in [0.4, 0.5) is 0 Å². The minimum Gasteiger partial charge on any atom is -0.495 e. The van der Waals surface area contributed by atoms with Crippen molar-refractivity contribution in [3.8, 4) is 11.8 Å². The summed E-state index contributed by atoms with van der Waals surface area (Å²) in [4.78, 5) is 13.0. The predicted octanol–water partition coefficient (Wildman–Crippen LogP) is 0.852. The highest BCUT2D eigenvalue weighted by Gasteiger charge is 2.29. The van der Waals surface area contributed by atoms with E-state index in [9.17, 15) is 9.90 Å². The molecule has 0 amide bonds. The van der Waals surface area contributed by atoms with Crippen molar-refractivity contribution in [3.63, 3.8) is 0 Å². The minimum absolute atomic E-state index is 0.197. The molecule has 1 heterocycles. The van der Waals surface area contributed by atoms with Gasteiger partial charge in [0.2, 0.25) is 0 Å². The number of methoxy groups -OCH3 is 1. The summed E-state index contributed by atoms with van der Waals surface area (Å²) in [5.41, 5.74) is 1.38. The monoisotopic (exact) mass is 276 g/mol. The van der Waals surface area contributed by atoms with Crippen LogP contribution in [0.1, 0.15) is 11.1 Å². The number of nitriles is 1. The molecule has 1 unspecified atom stereocenters. The first-order chi connectivity index (χ1) is 9.65. The molecule has 0 radical (unpaired) electrons. The van der Waals surface area contributed by atoms with E-state index in [1.54, 1.807) is 12.1 Å². The topological polar surface area (TPSA) is 82.8 Å². The fraction of sp³-hybridized carbons (Fsp3) is 0.429. The number of hydrogen-bond acceptors (Lipinski definition) is 5. The Morgan fingerprint density at radius 3 is 3.10 bits per heavy atom. The molecule has 0 aromatic heterocycles. The van der Waals surface area contributed by atoms with Crippen molar-refractivity contribution in [3.05, 3.63) is 29.3 Å². The first kappa shape index (κ1) is 14.3. The van der Waals surface area contributed by atoms with Crippen molar-refractivity contribution in [2.75, 3.05) is 26.9 Å². The lowest BCUT2D eigenvalue weighted by Crippen LogP contribution is -2.49. The lowest BCUT2D eigenvalue weighted by molar-refractivity contribution is -0.150. The molecule has 0 bridgehead atoms. The lowest BCUT2D eigenvalue weighted by atomic mass is 10.1. The van der Waals surface area contributed by atoms with Crippen molar-refractivity contribution >= 4 is 5.97 Å². The molecule has 1 atom stereocenters. The summed E-state index contributed by atoms with van der Waals surface area (Å²) in [6.07, 6.45) is 0. The van der Waals surface area contributed by atoms with Gasteiger partial charge in [0.15, 0.2) is 0 Å². The second-order valence-electron chi connectivity index (χ2n) is 4.55. The maximum atomic E-state index is 11.2. The van der Waals surface area contributed by atoms with Gasteiger partial charge in [-0.15, -0.1) is 0 Å². The molecule has 1 saturated heterocycles. The third-order valence-electron chi connectivity index (χ3n) is 3.30. The van der Waals surface area contributed by atoms with Crippen LogP contribution in [-0.4, -0.2) is 48.9 Å². The van der Waals surface area contributed by atoms with Gasteiger partial charge in [-0.3, -0.25) is 9.69 Å². The molecule has 0 aliphatic carbocycles. The van der Waals surface area contributed by atoms with E-state index in [1.807, 2.05) is 11.0 Å². The molecule has 0 spiro atoms. The number of morpholine rings is 1. The van der Waals surface area contributed by atoms with Crippen LogP contribution in [0, 0.1) is 11.3 Å². The Labute approximate surface area is 117 Å². The van der Waals surface area contributed by atoms with Crippen LogP contribution in [0.25, 0.3) is 0 Å². The molecule has 2 rings (SSSR count). The van der Waals surface area contributed by atoms with Gasteiger partial charge in [0.05, 0.1) is 25.9 Å². The normalized spacial score (nSPS) is 19.3. The molecule has 1 aliphatic rings. The van der Waals surface area contributed by atoms with Crippen molar-refractivity contribution in [1.29, 1.82) is 5.26 Å². The number of carbonyl (C=O) groups is 1. The molecule has 6 nitrogen and oxygen atoms in total. The number of hydrogen-bond donors (Lipinski definition) is 1. The van der Waals surface area contributed by atoms with Crippen LogP contribution in [0.2, 0.25) is 0 Å². The van der Waals surface area contributed by atoms with Crippen molar-refractivity contribution < 1.29 is 19.4 Å². The number of benzene rings is 1. The minimum atomic E-state index is -0.884. The third kappa shape index (κ3) is 3.07. The Bertz CT molecular complexity index is 538. The predicted molar refractivity (Wildman–Crippen MR) is 70.4 cm³/mol. The maximum absolute atomic E-state index is 11.2. The molecule has 1 aliphatic heterocycles. The Balaban J connectivity index is 2.16. The summed E-state index contributed by atoms with van der Waals surface area (Å²) in [7, 11) is 1.51. The highest BCUT2D eigenvalue weighted by atomic mass is 16.5. The standard InChI is InChI=1S/C14H16N2O4/c1-19-13-6-10(2-3-11(13)7-15)8-16-4-5-20-9-12(16)14(17)18/h2-3,6,12H,4-5,8-9H2,1H3,(H,17,18). The number of carboxylic acids is 1. The van der Waals surface area contributed by atoms with Crippen molar-refractivity contribution in [1.82, 2.24) is 4.90 Å². The van der Waals surface area contributed by atoms with Gasteiger partial charge in [-0.2, -0.15) is 5.26 Å². The van der Waals surface area contributed by atoms with E-state index in [4.69, 9.17) is 14.7 Å². The number of aliphatic carboxylic acids is 1. The second-order valence-corrected chi connectivity index (χ2v) is 4.55. The summed E-state index contributed by atoms with van der Waals surface area (Å²) in [6.45, 7) is 1.78. The molecule has 6 heteroatoms. The van der Waals surface area contributed by atoms with Gasteiger partial charge in [0.25, 0.3) is 0 Å². The highest BCUT2D eigenvalue weighted by molar-refractivity contribution is 5.73. The highest BCUT2D eigenvalue weighted by Crippen LogP contribution is 2.21. The molecule has 0 saturated carbocycles. The Hall–Kier alpha value is -2.10. The van der Waals surface area contributed by atoms with Gasteiger partial charge in [-0.05, 0) is 17.7 Å². The van der Waals surface area contributed by atoms with Gasteiger partial charge in [0, 0.05) is 13.1 Å². The number of ether oxygens (including phenoxy) is 2. The quantitative estimate of drug-likeness (QED) is 0.878. The van der Waals surface area contributed by atoms with Gasteiger partial charge < -0.3 is 14.6 Å². The average molecular weight is 276 g/mol. The second kappa shape index (κ2) is 6.37. The van der Waals surface area contributed by atoms with E-state index in [-0.39, 0.29) is 6.61 Å². The smallest absolute Gasteiger partial charge is 0.323 e. The Kier molecular flexibility index (Phi) is 4.56. The van der Waals surface area contributed by atoms with E-state index in [0.717, 1.165) is 5.56 Å². The average Bonchev–Trinajstić information content (AvgIpc) is 2.47. The van der Waals surface area contributed by atoms with Gasteiger partial charge in [0.1, 0.15) is 17.9 Å². The summed E-state index contributed by atoms with van der Waals surface area (Å²) in [6, 6.07) is 6.69. The number of nitrogens with zero attached hydrogens (tertiary/aromatic N) is 2. The molecule has 20 heavy (non-hydrogen) atoms. The van der Waals surface area contributed by atoms with Crippen LogP contribution < -0.4 is 4.74 Å². The van der Waals surface area contributed by atoms with E-state index >= 15 is 0 Å². The lowest BCUT2D eigenvalue weighted by Gasteiger charge is -2.32. The fourth-order valence-electron chi connectivity index (χ4n) is 2.22. The zero-order valence-corrected chi connectivity index (χ0v) is 11.2. The van der Waals surface area contributed by atoms with Crippen LogP contribution in [-0.2, 0) is 16.1 Å². The first-order valence-electron chi connectivity index (χ1n) is 6.27. The summed E-state index contributed by atoms with van der Waals surface area (Å²) in [5, 5.41) is 18.1. The fourth-order valence-corrected chi connectivity index (χ4v) is 2.22. The molecular formula is C14H16N2O4. The van der Waals surface area contributed by atoms with Crippen LogP contribution in [0.3, 0.4) is 0 Å². The molecule has 1 N–H and O–H groups in total. The molecule has 1 aromatic carbocycles. The Morgan fingerprint density at radius 1 is 1.65 bits per heavy atom. The zero-order valence-electron chi connectivity index (χ0n) is 11.2. The third-order valence-corrected chi connectivity index (χ3v) is 3.30. The first-order valence-corrected chi connectivity index (χ1v) is 6.27. The van der Waals surface area contributed by atoms with Crippen molar-refractivity contribution in [2.45, 2.75) is 12.6 Å². The van der Waals surface area contributed by atoms with Gasteiger partial charge in [-0.1, -0.05) is 6.07 Å². The number of rotatable bonds is 4. The maximum Gasteiger partial charge on any atom is 0.323 e. The van der Waals surface area contributed by atoms with E-state index in [1.165, 1.54) is 7.11 Å². The van der Waals surface area contributed by atoms with E-state index in [0.29, 0.717) is 31.0 Å². The van der Waals surface area contributed by atoms with Crippen LogP contribution >= 0.6 is 0 Å².